The van der Waals surface area contributed by atoms with Crippen LogP contribution in [0.5, 0.6) is 5.88 Å². The van der Waals surface area contributed by atoms with E-state index in [1.807, 2.05) is 0 Å². The van der Waals surface area contributed by atoms with E-state index in [9.17, 15) is 4.79 Å². The molecule has 3 rings (SSSR count). The summed E-state index contributed by atoms with van der Waals surface area (Å²) in [5.41, 5.74) is -0.305. The molecule has 7 heteroatoms. The molecule has 1 atom stereocenters. The number of amides is 1. The number of hydrogen-bond donors (Lipinski definition) is 1. The van der Waals surface area contributed by atoms with Crippen molar-refractivity contribution in [2.24, 2.45) is 0 Å². The molecule has 2 aliphatic rings. The number of ether oxygens (including phenoxy) is 2. The third-order valence-corrected chi connectivity index (χ3v) is 3.54. The monoisotopic (exact) mass is 264 g/mol. The number of aromatic nitrogens is 2. The normalized spacial score (nSPS) is 26.6. The number of morpholine rings is 1. The lowest BCUT2D eigenvalue weighted by molar-refractivity contribution is -0.141. The third kappa shape index (κ3) is 2.33. The number of rotatable bonds is 2. The predicted molar refractivity (Wildman–Crippen MR) is 67.1 cm³/mol. The van der Waals surface area contributed by atoms with Gasteiger partial charge in [0.15, 0.2) is 0 Å². The van der Waals surface area contributed by atoms with Crippen LogP contribution in [0.4, 0.5) is 5.95 Å². The van der Waals surface area contributed by atoms with Gasteiger partial charge in [0.25, 0.3) is 0 Å². The molecule has 0 aromatic carbocycles. The molecule has 1 N–H and O–H groups in total. The van der Waals surface area contributed by atoms with Gasteiger partial charge in [-0.05, 0) is 6.42 Å². The van der Waals surface area contributed by atoms with Crippen molar-refractivity contribution < 1.29 is 14.3 Å². The van der Waals surface area contributed by atoms with Gasteiger partial charge in [-0.25, -0.2) is 4.98 Å². The molecule has 1 aromatic heterocycles. The van der Waals surface area contributed by atoms with Crippen LogP contribution in [0.1, 0.15) is 6.42 Å². The first-order valence-electron chi connectivity index (χ1n) is 6.23. The lowest BCUT2D eigenvalue weighted by atomic mass is 10.0. The van der Waals surface area contributed by atoms with Crippen LogP contribution in [0.3, 0.4) is 0 Å². The Balaban J connectivity index is 1.73. The van der Waals surface area contributed by atoms with E-state index in [1.165, 1.54) is 0 Å². The second kappa shape index (κ2) is 4.65. The van der Waals surface area contributed by atoms with E-state index in [1.54, 1.807) is 19.4 Å². The number of nitrogens with one attached hydrogen (secondary N) is 1. The molecule has 3 heterocycles. The zero-order chi connectivity index (χ0) is 13.3. The highest BCUT2D eigenvalue weighted by atomic mass is 16.5. The Labute approximate surface area is 110 Å². The molecule has 0 radical (unpaired) electrons. The Morgan fingerprint density at radius 1 is 1.58 bits per heavy atom. The minimum atomic E-state index is -0.305. The summed E-state index contributed by atoms with van der Waals surface area (Å²) < 4.78 is 10.8. The number of anilines is 1. The summed E-state index contributed by atoms with van der Waals surface area (Å²) in [4.78, 5) is 21.8. The quantitative estimate of drug-likeness (QED) is 0.782. The van der Waals surface area contributed by atoms with Gasteiger partial charge >= 0.3 is 0 Å². The fourth-order valence-electron chi connectivity index (χ4n) is 2.46. The van der Waals surface area contributed by atoms with Crippen molar-refractivity contribution in [3.63, 3.8) is 0 Å². The van der Waals surface area contributed by atoms with Gasteiger partial charge in [-0.3, -0.25) is 4.79 Å². The van der Waals surface area contributed by atoms with Gasteiger partial charge in [0.2, 0.25) is 17.7 Å². The van der Waals surface area contributed by atoms with Gasteiger partial charge in [-0.15, -0.1) is 0 Å². The van der Waals surface area contributed by atoms with Crippen LogP contribution in [-0.2, 0) is 9.53 Å². The van der Waals surface area contributed by atoms with Crippen LogP contribution >= 0.6 is 0 Å². The molecule has 7 nitrogen and oxygen atoms in total. The molecule has 1 spiro atoms. The zero-order valence-corrected chi connectivity index (χ0v) is 10.8. The maximum atomic E-state index is 11.1. The third-order valence-electron chi connectivity index (χ3n) is 3.54. The second-order valence-electron chi connectivity index (χ2n) is 4.82. The fraction of sp³-hybridized carbons (Fsp3) is 0.583. The summed E-state index contributed by atoms with van der Waals surface area (Å²) in [6.07, 6.45) is 2.53. The minimum absolute atomic E-state index is 0.0540. The van der Waals surface area contributed by atoms with Crippen LogP contribution in [0.15, 0.2) is 12.3 Å². The smallest absolute Gasteiger partial charge is 0.246 e. The van der Waals surface area contributed by atoms with Crippen LogP contribution in [0.25, 0.3) is 0 Å². The summed E-state index contributed by atoms with van der Waals surface area (Å²) in [6, 6.07) is 1.71. The second-order valence-corrected chi connectivity index (χ2v) is 4.82. The van der Waals surface area contributed by atoms with E-state index in [2.05, 4.69) is 20.2 Å². The standard InChI is InChI=1S/C12H16N4O3/c1-18-10-2-4-13-11(15-10)16-5-3-12(8-16)7-14-9(17)6-19-12/h2,4H,3,5-8H2,1H3,(H,14,17). The van der Waals surface area contributed by atoms with E-state index in [0.717, 1.165) is 13.0 Å². The molecule has 1 unspecified atom stereocenters. The van der Waals surface area contributed by atoms with Crippen molar-refractivity contribution in [3.8, 4) is 5.88 Å². The summed E-state index contributed by atoms with van der Waals surface area (Å²) in [5.74, 6) is 1.13. The van der Waals surface area contributed by atoms with E-state index < -0.39 is 0 Å². The molecule has 1 amide bonds. The van der Waals surface area contributed by atoms with Gasteiger partial charge < -0.3 is 19.7 Å². The molecule has 1 aromatic rings. The largest absolute Gasteiger partial charge is 0.481 e. The van der Waals surface area contributed by atoms with Crippen molar-refractivity contribution in [3.05, 3.63) is 12.3 Å². The van der Waals surface area contributed by atoms with Crippen molar-refractivity contribution in [1.82, 2.24) is 15.3 Å². The molecule has 2 aliphatic heterocycles. The minimum Gasteiger partial charge on any atom is -0.481 e. The highest BCUT2D eigenvalue weighted by molar-refractivity contribution is 5.78. The van der Waals surface area contributed by atoms with Gasteiger partial charge in [0.1, 0.15) is 12.2 Å². The van der Waals surface area contributed by atoms with E-state index in [-0.39, 0.29) is 18.1 Å². The molecular formula is C12H16N4O3. The lowest BCUT2D eigenvalue weighted by Gasteiger charge is -2.33. The van der Waals surface area contributed by atoms with E-state index in [4.69, 9.17) is 9.47 Å². The van der Waals surface area contributed by atoms with Gasteiger partial charge in [-0.1, -0.05) is 0 Å². The van der Waals surface area contributed by atoms with Crippen LogP contribution in [-0.4, -0.2) is 54.8 Å². The highest BCUT2D eigenvalue weighted by Gasteiger charge is 2.43. The number of hydrogen-bond acceptors (Lipinski definition) is 6. The highest BCUT2D eigenvalue weighted by Crippen LogP contribution is 2.29. The summed E-state index contributed by atoms with van der Waals surface area (Å²) in [7, 11) is 1.58. The van der Waals surface area contributed by atoms with E-state index in [0.29, 0.717) is 24.9 Å². The number of methoxy groups -OCH3 is 1. The maximum Gasteiger partial charge on any atom is 0.246 e. The Kier molecular flexibility index (Phi) is 2.98. The molecule has 2 fully saturated rings. The summed E-state index contributed by atoms with van der Waals surface area (Å²) >= 11 is 0. The Bertz CT molecular complexity index is 484. The van der Waals surface area contributed by atoms with Crippen LogP contribution in [0.2, 0.25) is 0 Å². The first kappa shape index (κ1) is 12.2. The first-order valence-corrected chi connectivity index (χ1v) is 6.23. The van der Waals surface area contributed by atoms with Gasteiger partial charge in [-0.2, -0.15) is 4.98 Å². The topological polar surface area (TPSA) is 76.6 Å². The van der Waals surface area contributed by atoms with E-state index >= 15 is 0 Å². The number of nitrogens with zero attached hydrogens (tertiary/aromatic N) is 3. The number of carbonyl (C=O) groups excluding carboxylic acids is 1. The summed E-state index contributed by atoms with van der Waals surface area (Å²) in [6.45, 7) is 2.17. The maximum absolute atomic E-state index is 11.1. The molecule has 0 saturated carbocycles. The Morgan fingerprint density at radius 3 is 3.21 bits per heavy atom. The SMILES string of the molecule is COc1ccnc(N2CCC3(CNC(=O)CO3)C2)n1. The number of carbonyl (C=O) groups is 1. The Hall–Kier alpha value is -1.89. The van der Waals surface area contributed by atoms with Crippen molar-refractivity contribution in [2.45, 2.75) is 12.0 Å². The Morgan fingerprint density at radius 2 is 2.47 bits per heavy atom. The van der Waals surface area contributed by atoms with Gasteiger partial charge in [0.05, 0.1) is 13.7 Å². The zero-order valence-electron chi connectivity index (χ0n) is 10.8. The average molecular weight is 264 g/mol. The fourth-order valence-corrected chi connectivity index (χ4v) is 2.46. The van der Waals surface area contributed by atoms with Crippen LogP contribution in [0, 0.1) is 0 Å². The van der Waals surface area contributed by atoms with Crippen molar-refractivity contribution in [1.29, 1.82) is 0 Å². The van der Waals surface area contributed by atoms with Gasteiger partial charge in [0, 0.05) is 25.4 Å². The van der Waals surface area contributed by atoms with Crippen molar-refractivity contribution in [2.75, 3.05) is 38.3 Å². The molecule has 0 aliphatic carbocycles. The molecular weight excluding hydrogens is 248 g/mol. The first-order chi connectivity index (χ1) is 9.21. The molecule has 2 saturated heterocycles. The lowest BCUT2D eigenvalue weighted by Crippen LogP contribution is -2.53. The average Bonchev–Trinajstić information content (AvgIpc) is 2.87. The molecule has 19 heavy (non-hydrogen) atoms. The molecule has 0 bridgehead atoms. The summed E-state index contributed by atoms with van der Waals surface area (Å²) in [5, 5.41) is 2.85. The molecule has 102 valence electrons. The predicted octanol–water partition coefficient (Wildman–Crippen LogP) is -0.419. The van der Waals surface area contributed by atoms with Crippen molar-refractivity contribution >= 4 is 11.9 Å². The van der Waals surface area contributed by atoms with Crippen LogP contribution < -0.4 is 15.0 Å².